The molecule has 4 atom stereocenters. The average Bonchev–Trinajstić information content (AvgIpc) is 2.93. The first kappa shape index (κ1) is 13.0. The molecule has 0 saturated carbocycles. The van der Waals surface area contributed by atoms with Crippen LogP contribution in [0.1, 0.15) is 6.23 Å². The van der Waals surface area contributed by atoms with E-state index in [2.05, 4.69) is 15.3 Å². The number of anilines is 1. The van der Waals surface area contributed by atoms with Gasteiger partial charge >= 0.3 is 0 Å². The topological polar surface area (TPSA) is 160 Å². The van der Waals surface area contributed by atoms with Crippen molar-refractivity contribution >= 4 is 16.9 Å². The molecule has 1 aliphatic rings. The number of nitrogens with one attached hydrogen (secondary N) is 1. The van der Waals surface area contributed by atoms with Crippen LogP contribution in [0.5, 0.6) is 0 Å². The van der Waals surface area contributed by atoms with Gasteiger partial charge in [-0.3, -0.25) is 4.79 Å². The third-order valence-electron chi connectivity index (χ3n) is 3.25. The molecule has 0 bridgehead atoms. The number of ether oxygens (including phenoxy) is 1. The second kappa shape index (κ2) is 4.52. The summed E-state index contributed by atoms with van der Waals surface area (Å²) in [4.78, 5) is 14.0. The molecule has 2 aromatic rings. The number of aromatic nitrogens is 4. The molecule has 0 spiro atoms. The highest BCUT2D eigenvalue weighted by Crippen LogP contribution is 2.30. The number of aliphatic hydroxyl groups is 3. The smallest absolute Gasteiger partial charge is 0.279 e. The third kappa shape index (κ3) is 1.78. The molecule has 0 unspecified atom stereocenters. The molecular formula is C10H13N5O5. The molecule has 1 aliphatic heterocycles. The molecule has 3 heterocycles. The summed E-state index contributed by atoms with van der Waals surface area (Å²) in [6.07, 6.45) is -4.57. The standard InChI is InChI=1S/C10H13N5O5/c11-5-1-3-6(9(19)12-5)13-14-15(3)10-8(18)7(17)4(2-16)20-10/h1,4,7-8,10,16-18H,2H2,(H3,11,12,19)/t4-,7+,8-,10-/m1/s1. The largest absolute Gasteiger partial charge is 0.394 e. The fraction of sp³-hybridized carbons (Fsp3) is 0.500. The van der Waals surface area contributed by atoms with E-state index >= 15 is 0 Å². The maximum Gasteiger partial charge on any atom is 0.279 e. The van der Waals surface area contributed by atoms with Gasteiger partial charge < -0.3 is 30.8 Å². The van der Waals surface area contributed by atoms with Gasteiger partial charge in [-0.1, -0.05) is 5.21 Å². The summed E-state index contributed by atoms with van der Waals surface area (Å²) in [6.45, 7) is -0.454. The molecule has 0 aromatic carbocycles. The first-order chi connectivity index (χ1) is 9.52. The highest BCUT2D eigenvalue weighted by Gasteiger charge is 2.44. The number of nitrogens with two attached hydrogens (primary N) is 1. The van der Waals surface area contributed by atoms with E-state index in [1.807, 2.05) is 0 Å². The molecule has 108 valence electrons. The maximum absolute atomic E-state index is 11.7. The Bertz CT molecular complexity index is 697. The van der Waals surface area contributed by atoms with Crippen molar-refractivity contribution in [1.29, 1.82) is 0 Å². The van der Waals surface area contributed by atoms with E-state index in [4.69, 9.17) is 15.6 Å². The molecule has 10 heteroatoms. The minimum absolute atomic E-state index is 0.0388. The minimum Gasteiger partial charge on any atom is -0.394 e. The highest BCUT2D eigenvalue weighted by atomic mass is 16.6. The van der Waals surface area contributed by atoms with Gasteiger partial charge in [0.15, 0.2) is 11.7 Å². The zero-order valence-corrected chi connectivity index (χ0v) is 10.2. The summed E-state index contributed by atoms with van der Waals surface area (Å²) in [5.74, 6) is 0.109. The van der Waals surface area contributed by atoms with Crippen LogP contribution in [0.15, 0.2) is 10.9 Å². The number of nitrogens with zero attached hydrogens (tertiary/aromatic N) is 3. The Labute approximate surface area is 111 Å². The second-order valence-electron chi connectivity index (χ2n) is 4.55. The average molecular weight is 283 g/mol. The van der Waals surface area contributed by atoms with Crippen LogP contribution in [0.2, 0.25) is 0 Å². The SMILES string of the molecule is Nc1cc2c(nnn2[C@@H]2O[C@H](CO)[C@H](O)[C@H]2O)c(=O)[nH]1. The number of hydrogen-bond acceptors (Lipinski definition) is 8. The van der Waals surface area contributed by atoms with E-state index in [0.29, 0.717) is 0 Å². The Hall–Kier alpha value is -2.01. The lowest BCUT2D eigenvalue weighted by Gasteiger charge is -2.15. The highest BCUT2D eigenvalue weighted by molar-refractivity contribution is 5.75. The monoisotopic (exact) mass is 283 g/mol. The fourth-order valence-corrected chi connectivity index (χ4v) is 2.24. The number of rotatable bonds is 2. The summed E-state index contributed by atoms with van der Waals surface area (Å²) in [5, 5.41) is 36.1. The van der Waals surface area contributed by atoms with Crippen molar-refractivity contribution in [3.63, 3.8) is 0 Å². The van der Waals surface area contributed by atoms with Gasteiger partial charge in [-0.25, -0.2) is 4.68 Å². The van der Waals surface area contributed by atoms with E-state index in [0.717, 1.165) is 4.68 Å². The molecule has 0 amide bonds. The predicted molar refractivity (Wildman–Crippen MR) is 65.6 cm³/mol. The van der Waals surface area contributed by atoms with Crippen molar-refractivity contribution < 1.29 is 20.1 Å². The lowest BCUT2D eigenvalue weighted by molar-refractivity contribution is -0.0572. The minimum atomic E-state index is -1.31. The molecule has 1 fully saturated rings. The van der Waals surface area contributed by atoms with E-state index in [1.54, 1.807) is 0 Å². The molecule has 0 radical (unpaired) electrons. The summed E-state index contributed by atoms with van der Waals surface area (Å²) in [7, 11) is 0. The maximum atomic E-state index is 11.7. The van der Waals surface area contributed by atoms with Crippen molar-refractivity contribution in [1.82, 2.24) is 20.0 Å². The van der Waals surface area contributed by atoms with E-state index in [-0.39, 0.29) is 16.9 Å². The molecule has 0 aliphatic carbocycles. The summed E-state index contributed by atoms with van der Waals surface area (Å²) in [6, 6.07) is 1.42. The zero-order chi connectivity index (χ0) is 14.4. The summed E-state index contributed by atoms with van der Waals surface area (Å²) in [5.41, 5.74) is 5.34. The second-order valence-corrected chi connectivity index (χ2v) is 4.55. The summed E-state index contributed by atoms with van der Waals surface area (Å²) < 4.78 is 6.48. The molecule has 20 heavy (non-hydrogen) atoms. The lowest BCUT2D eigenvalue weighted by atomic mass is 10.1. The molecule has 10 nitrogen and oxygen atoms in total. The van der Waals surface area contributed by atoms with E-state index in [9.17, 15) is 15.0 Å². The van der Waals surface area contributed by atoms with Crippen LogP contribution in [-0.4, -0.2) is 60.2 Å². The van der Waals surface area contributed by atoms with Gasteiger partial charge in [0, 0.05) is 6.07 Å². The van der Waals surface area contributed by atoms with Gasteiger partial charge in [-0.2, -0.15) is 0 Å². The van der Waals surface area contributed by atoms with Crippen molar-refractivity contribution in [3.05, 3.63) is 16.4 Å². The predicted octanol–water partition coefficient (Wildman–Crippen LogP) is -2.69. The number of H-pyrrole nitrogens is 1. The number of aliphatic hydroxyl groups excluding tert-OH is 3. The summed E-state index contributed by atoms with van der Waals surface area (Å²) >= 11 is 0. The van der Waals surface area contributed by atoms with Crippen molar-refractivity contribution in [3.8, 4) is 0 Å². The number of fused-ring (bicyclic) bond motifs is 1. The van der Waals surface area contributed by atoms with Crippen molar-refractivity contribution in [2.75, 3.05) is 12.3 Å². The first-order valence-corrected chi connectivity index (χ1v) is 5.89. The van der Waals surface area contributed by atoms with Crippen LogP contribution in [0.4, 0.5) is 5.82 Å². The normalized spacial score (nSPS) is 30.1. The zero-order valence-electron chi connectivity index (χ0n) is 10.2. The number of nitrogen functional groups attached to an aromatic ring is 1. The van der Waals surface area contributed by atoms with Crippen LogP contribution < -0.4 is 11.3 Å². The number of hydrogen-bond donors (Lipinski definition) is 5. The Morgan fingerprint density at radius 2 is 2.20 bits per heavy atom. The first-order valence-electron chi connectivity index (χ1n) is 5.89. The van der Waals surface area contributed by atoms with Crippen LogP contribution in [-0.2, 0) is 4.74 Å². The van der Waals surface area contributed by atoms with E-state index < -0.39 is 36.7 Å². The number of aromatic amines is 1. The van der Waals surface area contributed by atoms with Gasteiger partial charge in [0.1, 0.15) is 29.6 Å². The molecule has 1 saturated heterocycles. The Morgan fingerprint density at radius 3 is 2.85 bits per heavy atom. The fourth-order valence-electron chi connectivity index (χ4n) is 2.24. The van der Waals surface area contributed by atoms with Crippen molar-refractivity contribution in [2.45, 2.75) is 24.5 Å². The molecule has 6 N–H and O–H groups in total. The Morgan fingerprint density at radius 1 is 1.45 bits per heavy atom. The quantitative estimate of drug-likeness (QED) is 0.398. The Kier molecular flexibility index (Phi) is 2.94. The number of pyridine rings is 1. The van der Waals surface area contributed by atoms with Gasteiger partial charge in [-0.15, -0.1) is 5.10 Å². The van der Waals surface area contributed by atoms with E-state index in [1.165, 1.54) is 6.07 Å². The molecule has 3 rings (SSSR count). The van der Waals surface area contributed by atoms with Crippen LogP contribution in [0.25, 0.3) is 11.0 Å². The van der Waals surface area contributed by atoms with Gasteiger partial charge in [0.25, 0.3) is 5.56 Å². The van der Waals surface area contributed by atoms with Crippen LogP contribution >= 0.6 is 0 Å². The lowest BCUT2D eigenvalue weighted by Crippen LogP contribution is -2.33. The van der Waals surface area contributed by atoms with Gasteiger partial charge in [0.2, 0.25) is 0 Å². The third-order valence-corrected chi connectivity index (χ3v) is 3.25. The molecular weight excluding hydrogens is 270 g/mol. The van der Waals surface area contributed by atoms with Crippen molar-refractivity contribution in [2.24, 2.45) is 0 Å². The van der Waals surface area contributed by atoms with Crippen LogP contribution in [0, 0.1) is 0 Å². The van der Waals surface area contributed by atoms with Crippen LogP contribution in [0.3, 0.4) is 0 Å². The van der Waals surface area contributed by atoms with Gasteiger partial charge in [0.05, 0.1) is 6.61 Å². The van der Waals surface area contributed by atoms with Gasteiger partial charge in [-0.05, 0) is 0 Å². The Balaban J connectivity index is 2.09. The molecule has 2 aromatic heterocycles.